The van der Waals surface area contributed by atoms with E-state index in [1.54, 1.807) is 19.1 Å². The topological polar surface area (TPSA) is 110 Å². The number of aryl methyl sites for hydroxylation is 2. The number of nitrogens with zero attached hydrogens (tertiary/aromatic N) is 2. The van der Waals surface area contributed by atoms with E-state index >= 15 is 0 Å². The Kier molecular flexibility index (Phi) is 5.36. The molecule has 0 radical (unpaired) electrons. The van der Waals surface area contributed by atoms with Crippen LogP contribution < -0.4 is 14.8 Å². The smallest absolute Gasteiger partial charge is 0.264 e. The van der Waals surface area contributed by atoms with Crippen molar-refractivity contribution >= 4 is 21.9 Å². The van der Waals surface area contributed by atoms with E-state index in [1.807, 2.05) is 32.0 Å². The summed E-state index contributed by atoms with van der Waals surface area (Å²) in [4.78, 5) is 21.1. The van der Waals surface area contributed by atoms with Crippen LogP contribution in [0.5, 0.6) is 5.88 Å². The maximum atomic E-state index is 13.0. The highest BCUT2D eigenvalue weighted by molar-refractivity contribution is 7.92. The fourth-order valence-electron chi connectivity index (χ4n) is 3.43. The molecule has 160 valence electrons. The normalized spacial score (nSPS) is 17.8. The van der Waals surface area contributed by atoms with Gasteiger partial charge in [-0.15, -0.1) is 0 Å². The first-order chi connectivity index (χ1) is 14.7. The quantitative estimate of drug-likeness (QED) is 0.604. The lowest BCUT2D eigenvalue weighted by Crippen LogP contribution is -2.36. The number of benzene rings is 2. The number of hydrogen-bond acceptors (Lipinski definition) is 6. The number of amides is 1. The fraction of sp³-hybridized carbons (Fsp3) is 0.227. The lowest BCUT2D eigenvalue weighted by molar-refractivity contribution is 0.0925. The third-order valence-corrected chi connectivity index (χ3v) is 6.26. The molecule has 1 atom stereocenters. The van der Waals surface area contributed by atoms with Crippen LogP contribution in [0.15, 0.2) is 53.4 Å². The molecule has 0 fully saturated rings. The molecule has 1 aliphatic rings. The number of carbonyl (C=O) groups excluding carboxylic acids is 1. The van der Waals surface area contributed by atoms with E-state index in [2.05, 4.69) is 20.0 Å². The van der Waals surface area contributed by atoms with Crippen LogP contribution in [0.1, 0.15) is 28.4 Å². The number of fused-ring (bicyclic) bond motifs is 4. The van der Waals surface area contributed by atoms with Crippen molar-refractivity contribution < 1.29 is 17.9 Å². The Morgan fingerprint density at radius 3 is 2.48 bits per heavy atom. The second-order valence-corrected chi connectivity index (χ2v) is 9.18. The zero-order chi connectivity index (χ0) is 22.2. The third-order valence-electron chi connectivity index (χ3n) is 4.93. The zero-order valence-electron chi connectivity index (χ0n) is 17.3. The van der Waals surface area contributed by atoms with Crippen molar-refractivity contribution in [3.8, 4) is 17.1 Å². The number of anilines is 1. The monoisotopic (exact) mass is 438 g/mol. The van der Waals surface area contributed by atoms with Crippen LogP contribution in [0.2, 0.25) is 0 Å². The molecule has 4 bridgehead atoms. The lowest BCUT2D eigenvalue weighted by Gasteiger charge is -2.16. The molecule has 31 heavy (non-hydrogen) atoms. The van der Waals surface area contributed by atoms with Gasteiger partial charge in [0.15, 0.2) is 0 Å². The van der Waals surface area contributed by atoms with Crippen molar-refractivity contribution in [3.63, 3.8) is 0 Å². The average molecular weight is 439 g/mol. The molecule has 2 aromatic carbocycles. The molecule has 0 saturated carbocycles. The third kappa shape index (κ3) is 4.36. The largest absolute Gasteiger partial charge is 0.475 e. The van der Waals surface area contributed by atoms with Crippen molar-refractivity contribution in [2.45, 2.75) is 31.7 Å². The van der Waals surface area contributed by atoms with Crippen LogP contribution in [0.3, 0.4) is 0 Å². The molecular formula is C22H22N4O4S. The summed E-state index contributed by atoms with van der Waals surface area (Å²) in [6.45, 7) is 5.87. The lowest BCUT2D eigenvalue weighted by atomic mass is 10.00. The average Bonchev–Trinajstić information content (AvgIpc) is 2.71. The number of sulfonamides is 1. The minimum absolute atomic E-state index is 0.0596. The summed E-state index contributed by atoms with van der Waals surface area (Å²) < 4.78 is 34.1. The van der Waals surface area contributed by atoms with Gasteiger partial charge in [0.1, 0.15) is 6.61 Å². The zero-order valence-corrected chi connectivity index (χ0v) is 18.2. The first-order valence-corrected chi connectivity index (χ1v) is 11.2. The Labute approximate surface area is 180 Å². The standard InChI is InChI=1S/C22H22N4O4S/c1-13-6-4-7-14(2)20(13)18-11-19-25-22(24-18)26-31(28,29)17-9-5-8-16(10-17)21(27)23-15(3)12-30-19/h4-11,15H,12H2,1-3H3,(H,23,27)(H,24,25,26)/t15-/m1/s1. The van der Waals surface area contributed by atoms with Crippen LogP contribution in [-0.4, -0.2) is 36.9 Å². The SMILES string of the molecule is Cc1cccc(C)c1-c1cc2nc(n1)NS(=O)(=O)c1cccc(c1)C(=O)N[C@H](C)CO2. The Morgan fingerprint density at radius 1 is 1.03 bits per heavy atom. The Balaban J connectivity index is 1.87. The van der Waals surface area contributed by atoms with E-state index in [1.165, 1.54) is 18.2 Å². The number of ether oxygens (including phenoxy) is 1. The highest BCUT2D eigenvalue weighted by atomic mass is 32.2. The summed E-state index contributed by atoms with van der Waals surface area (Å²) in [7, 11) is -4.03. The molecule has 0 aliphatic carbocycles. The number of nitrogens with one attached hydrogen (secondary N) is 2. The number of hydrogen-bond donors (Lipinski definition) is 2. The molecule has 2 heterocycles. The molecule has 4 rings (SSSR count). The van der Waals surface area contributed by atoms with Gasteiger partial charge in [0.2, 0.25) is 11.8 Å². The van der Waals surface area contributed by atoms with Crippen molar-refractivity contribution in [3.05, 3.63) is 65.2 Å². The predicted molar refractivity (Wildman–Crippen MR) is 117 cm³/mol. The van der Waals surface area contributed by atoms with E-state index in [-0.39, 0.29) is 40.8 Å². The van der Waals surface area contributed by atoms with Crippen molar-refractivity contribution in [2.24, 2.45) is 0 Å². The minimum Gasteiger partial charge on any atom is -0.475 e. The van der Waals surface area contributed by atoms with Gasteiger partial charge in [-0.05, 0) is 50.1 Å². The van der Waals surface area contributed by atoms with Gasteiger partial charge >= 0.3 is 0 Å². The van der Waals surface area contributed by atoms with Crippen molar-refractivity contribution in [1.82, 2.24) is 15.3 Å². The maximum Gasteiger partial charge on any atom is 0.264 e. The minimum atomic E-state index is -4.03. The number of carbonyl (C=O) groups is 1. The fourth-order valence-corrected chi connectivity index (χ4v) is 4.42. The van der Waals surface area contributed by atoms with Gasteiger partial charge in [-0.1, -0.05) is 24.3 Å². The molecule has 1 amide bonds. The molecule has 1 aromatic heterocycles. The Hall–Kier alpha value is -3.46. The van der Waals surface area contributed by atoms with Gasteiger partial charge < -0.3 is 10.1 Å². The van der Waals surface area contributed by atoms with Crippen LogP contribution in [0, 0.1) is 13.8 Å². The van der Waals surface area contributed by atoms with E-state index in [0.29, 0.717) is 5.69 Å². The first kappa shape index (κ1) is 20.8. The molecule has 3 aromatic rings. The second kappa shape index (κ2) is 7.99. The molecule has 0 spiro atoms. The molecular weight excluding hydrogens is 416 g/mol. The van der Waals surface area contributed by atoms with Gasteiger partial charge in [-0.2, -0.15) is 4.98 Å². The molecule has 0 unspecified atom stereocenters. The highest BCUT2D eigenvalue weighted by Crippen LogP contribution is 2.29. The van der Waals surface area contributed by atoms with Crippen LogP contribution in [0.4, 0.5) is 5.95 Å². The molecule has 1 aliphatic heterocycles. The van der Waals surface area contributed by atoms with Crippen molar-refractivity contribution in [1.29, 1.82) is 0 Å². The van der Waals surface area contributed by atoms with Gasteiger partial charge in [0.25, 0.3) is 15.9 Å². The summed E-state index contributed by atoms with van der Waals surface area (Å²) in [6, 6.07) is 13.0. The molecule has 9 heteroatoms. The Morgan fingerprint density at radius 2 is 1.74 bits per heavy atom. The van der Waals surface area contributed by atoms with Gasteiger partial charge in [-0.3, -0.25) is 4.79 Å². The van der Waals surface area contributed by atoms with Gasteiger partial charge in [0.05, 0.1) is 16.6 Å². The summed E-state index contributed by atoms with van der Waals surface area (Å²) in [5.41, 5.74) is 3.63. The van der Waals surface area contributed by atoms with E-state index in [9.17, 15) is 13.2 Å². The van der Waals surface area contributed by atoms with Crippen LogP contribution in [-0.2, 0) is 10.0 Å². The maximum absolute atomic E-state index is 13.0. The number of rotatable bonds is 1. The summed E-state index contributed by atoms with van der Waals surface area (Å²) in [5.74, 6) is -0.287. The molecule has 0 saturated heterocycles. The van der Waals surface area contributed by atoms with E-state index in [0.717, 1.165) is 16.7 Å². The first-order valence-electron chi connectivity index (χ1n) is 9.75. The number of aromatic nitrogens is 2. The summed E-state index contributed by atoms with van der Waals surface area (Å²) in [6.07, 6.45) is 0. The van der Waals surface area contributed by atoms with Crippen LogP contribution in [0.25, 0.3) is 11.3 Å². The molecule has 2 N–H and O–H groups in total. The molecule has 8 nitrogen and oxygen atoms in total. The summed E-state index contributed by atoms with van der Waals surface area (Å²) >= 11 is 0. The predicted octanol–water partition coefficient (Wildman–Crippen LogP) is 3.07. The van der Waals surface area contributed by atoms with Gasteiger partial charge in [0, 0.05) is 17.2 Å². The van der Waals surface area contributed by atoms with Crippen LogP contribution >= 0.6 is 0 Å². The van der Waals surface area contributed by atoms with E-state index in [4.69, 9.17) is 4.74 Å². The van der Waals surface area contributed by atoms with Crippen molar-refractivity contribution in [2.75, 3.05) is 11.3 Å². The second-order valence-electron chi connectivity index (χ2n) is 7.50. The summed E-state index contributed by atoms with van der Waals surface area (Å²) in [5, 5.41) is 2.80. The highest BCUT2D eigenvalue weighted by Gasteiger charge is 2.21. The van der Waals surface area contributed by atoms with Gasteiger partial charge in [-0.25, -0.2) is 18.1 Å². The van der Waals surface area contributed by atoms with E-state index < -0.39 is 10.0 Å². The Bertz CT molecular complexity index is 1250.